The SMILES string of the molecule is Cc1csc(-c2ccc(C(=O)Nc3ccc(CN4CCOCC4)cn3)cc2)n1. The molecule has 0 spiro atoms. The highest BCUT2D eigenvalue weighted by Gasteiger charge is 2.12. The van der Waals surface area contributed by atoms with E-state index in [0.717, 1.165) is 54.7 Å². The highest BCUT2D eigenvalue weighted by atomic mass is 32.1. The first-order valence-corrected chi connectivity index (χ1v) is 10.1. The van der Waals surface area contributed by atoms with Gasteiger partial charge in [-0.2, -0.15) is 0 Å². The lowest BCUT2D eigenvalue weighted by molar-refractivity contribution is 0.0341. The third-order valence-corrected chi connectivity index (χ3v) is 5.60. The monoisotopic (exact) mass is 394 g/mol. The number of hydrogen-bond donors (Lipinski definition) is 1. The summed E-state index contributed by atoms with van der Waals surface area (Å²) in [6.07, 6.45) is 1.82. The molecule has 0 unspecified atom stereocenters. The molecule has 2 aromatic heterocycles. The van der Waals surface area contributed by atoms with Gasteiger partial charge in [0.1, 0.15) is 10.8 Å². The van der Waals surface area contributed by atoms with Gasteiger partial charge < -0.3 is 10.1 Å². The van der Waals surface area contributed by atoms with Gasteiger partial charge in [0.2, 0.25) is 0 Å². The minimum Gasteiger partial charge on any atom is -0.379 e. The van der Waals surface area contributed by atoms with E-state index < -0.39 is 0 Å². The number of rotatable bonds is 5. The van der Waals surface area contributed by atoms with Gasteiger partial charge in [0.05, 0.1) is 13.2 Å². The molecular weight excluding hydrogens is 372 g/mol. The lowest BCUT2D eigenvalue weighted by Crippen LogP contribution is -2.35. The Morgan fingerprint density at radius 2 is 1.96 bits per heavy atom. The fourth-order valence-corrected chi connectivity index (χ4v) is 3.85. The predicted molar refractivity (Wildman–Crippen MR) is 111 cm³/mol. The number of thiazole rings is 1. The number of morpholine rings is 1. The lowest BCUT2D eigenvalue weighted by Gasteiger charge is -2.26. The van der Waals surface area contributed by atoms with E-state index in [9.17, 15) is 4.79 Å². The van der Waals surface area contributed by atoms with Crippen LogP contribution in [0.25, 0.3) is 10.6 Å². The largest absolute Gasteiger partial charge is 0.379 e. The number of carbonyl (C=O) groups excluding carboxylic acids is 1. The van der Waals surface area contributed by atoms with Crippen LogP contribution in [0.2, 0.25) is 0 Å². The zero-order chi connectivity index (χ0) is 19.3. The molecule has 144 valence electrons. The Morgan fingerprint density at radius 1 is 1.18 bits per heavy atom. The van der Waals surface area contributed by atoms with Gasteiger partial charge in [0.15, 0.2) is 0 Å². The summed E-state index contributed by atoms with van der Waals surface area (Å²) in [6, 6.07) is 11.3. The summed E-state index contributed by atoms with van der Waals surface area (Å²) in [6.45, 7) is 6.26. The molecule has 1 saturated heterocycles. The van der Waals surface area contributed by atoms with Crippen LogP contribution in [0.15, 0.2) is 48.0 Å². The third kappa shape index (κ3) is 4.62. The van der Waals surface area contributed by atoms with Crippen molar-refractivity contribution >= 4 is 23.1 Å². The second kappa shape index (κ2) is 8.60. The molecule has 7 heteroatoms. The van der Waals surface area contributed by atoms with Gasteiger partial charge in [-0.3, -0.25) is 9.69 Å². The molecule has 1 aromatic carbocycles. The summed E-state index contributed by atoms with van der Waals surface area (Å²) in [5.41, 5.74) is 3.74. The van der Waals surface area contributed by atoms with Crippen LogP contribution in [0, 0.1) is 6.92 Å². The number of nitrogens with zero attached hydrogens (tertiary/aromatic N) is 3. The summed E-state index contributed by atoms with van der Waals surface area (Å²) < 4.78 is 5.37. The van der Waals surface area contributed by atoms with E-state index in [0.29, 0.717) is 11.4 Å². The van der Waals surface area contributed by atoms with Crippen molar-refractivity contribution in [1.82, 2.24) is 14.9 Å². The first-order valence-electron chi connectivity index (χ1n) is 9.26. The Kier molecular flexibility index (Phi) is 5.76. The number of ether oxygens (including phenoxy) is 1. The second-order valence-corrected chi connectivity index (χ2v) is 7.62. The van der Waals surface area contributed by atoms with Crippen molar-refractivity contribution in [1.29, 1.82) is 0 Å². The number of nitrogens with one attached hydrogen (secondary N) is 1. The molecule has 1 N–H and O–H groups in total. The molecule has 4 rings (SSSR count). The average molecular weight is 395 g/mol. The van der Waals surface area contributed by atoms with E-state index in [-0.39, 0.29) is 5.91 Å². The fraction of sp³-hybridized carbons (Fsp3) is 0.286. The van der Waals surface area contributed by atoms with Crippen LogP contribution in [0.1, 0.15) is 21.6 Å². The van der Waals surface area contributed by atoms with Gasteiger partial charge >= 0.3 is 0 Å². The van der Waals surface area contributed by atoms with Crippen LogP contribution in [-0.4, -0.2) is 47.1 Å². The number of aromatic nitrogens is 2. The van der Waals surface area contributed by atoms with Gasteiger partial charge in [-0.1, -0.05) is 18.2 Å². The maximum atomic E-state index is 12.5. The Hall–Kier alpha value is -2.61. The van der Waals surface area contributed by atoms with E-state index in [1.54, 1.807) is 11.3 Å². The summed E-state index contributed by atoms with van der Waals surface area (Å²) in [4.78, 5) is 23.7. The zero-order valence-electron chi connectivity index (χ0n) is 15.7. The highest BCUT2D eigenvalue weighted by Crippen LogP contribution is 2.24. The van der Waals surface area contributed by atoms with Crippen LogP contribution in [-0.2, 0) is 11.3 Å². The van der Waals surface area contributed by atoms with Crippen molar-refractivity contribution in [2.45, 2.75) is 13.5 Å². The van der Waals surface area contributed by atoms with Gasteiger partial charge in [-0.05, 0) is 30.7 Å². The van der Waals surface area contributed by atoms with Crippen molar-refractivity contribution in [3.8, 4) is 10.6 Å². The van der Waals surface area contributed by atoms with E-state index in [1.807, 2.05) is 54.9 Å². The smallest absolute Gasteiger partial charge is 0.256 e. The zero-order valence-corrected chi connectivity index (χ0v) is 16.5. The first-order chi connectivity index (χ1) is 13.7. The number of carbonyl (C=O) groups is 1. The second-order valence-electron chi connectivity index (χ2n) is 6.77. The lowest BCUT2D eigenvalue weighted by atomic mass is 10.1. The Balaban J connectivity index is 1.36. The van der Waals surface area contributed by atoms with Gasteiger partial charge in [-0.25, -0.2) is 9.97 Å². The molecule has 1 aliphatic heterocycles. The van der Waals surface area contributed by atoms with Crippen LogP contribution in [0.3, 0.4) is 0 Å². The molecule has 0 atom stereocenters. The number of benzene rings is 1. The minimum absolute atomic E-state index is 0.171. The molecule has 3 aromatic rings. The molecule has 6 nitrogen and oxygen atoms in total. The molecule has 28 heavy (non-hydrogen) atoms. The van der Waals surface area contributed by atoms with Gasteiger partial charge in [0.25, 0.3) is 5.91 Å². The summed E-state index contributed by atoms with van der Waals surface area (Å²) in [7, 11) is 0. The summed E-state index contributed by atoms with van der Waals surface area (Å²) in [5.74, 6) is 0.380. The number of aryl methyl sites for hydroxylation is 1. The average Bonchev–Trinajstić information content (AvgIpc) is 3.17. The molecule has 1 fully saturated rings. The molecule has 0 aliphatic carbocycles. The van der Waals surface area contributed by atoms with E-state index in [1.165, 1.54) is 0 Å². The van der Waals surface area contributed by atoms with Crippen molar-refractivity contribution in [3.63, 3.8) is 0 Å². The molecule has 0 radical (unpaired) electrons. The first kappa shape index (κ1) is 18.7. The van der Waals surface area contributed by atoms with E-state index >= 15 is 0 Å². The number of amides is 1. The normalized spacial score (nSPS) is 14.8. The molecule has 3 heterocycles. The Bertz CT molecular complexity index is 932. The Labute approximate surface area is 168 Å². The molecule has 0 bridgehead atoms. The van der Waals surface area contributed by atoms with Crippen LogP contribution in [0.5, 0.6) is 0 Å². The molecule has 0 saturated carbocycles. The van der Waals surface area contributed by atoms with Crippen LogP contribution in [0.4, 0.5) is 5.82 Å². The molecule has 1 amide bonds. The van der Waals surface area contributed by atoms with Gasteiger partial charge in [0, 0.05) is 48.0 Å². The predicted octanol–water partition coefficient (Wildman–Crippen LogP) is 3.60. The van der Waals surface area contributed by atoms with E-state index in [4.69, 9.17) is 4.74 Å². The topological polar surface area (TPSA) is 67.4 Å². The maximum absolute atomic E-state index is 12.5. The number of pyridine rings is 1. The molecular formula is C21H22N4O2S. The standard InChI is InChI=1S/C21H22N4O2S/c1-15-14-28-21(23-15)18-5-3-17(4-6-18)20(26)24-19-7-2-16(12-22-19)13-25-8-10-27-11-9-25/h2-7,12,14H,8-11,13H2,1H3,(H,22,24,26). The summed E-state index contributed by atoms with van der Waals surface area (Å²) in [5, 5.41) is 5.83. The van der Waals surface area contributed by atoms with Crippen LogP contribution >= 0.6 is 11.3 Å². The van der Waals surface area contributed by atoms with Gasteiger partial charge in [-0.15, -0.1) is 11.3 Å². The number of hydrogen-bond acceptors (Lipinski definition) is 6. The number of anilines is 1. The summed E-state index contributed by atoms with van der Waals surface area (Å²) >= 11 is 1.60. The fourth-order valence-electron chi connectivity index (χ4n) is 3.05. The third-order valence-electron chi connectivity index (χ3n) is 4.59. The minimum atomic E-state index is -0.171. The van der Waals surface area contributed by atoms with Crippen molar-refractivity contribution in [3.05, 3.63) is 64.8 Å². The highest BCUT2D eigenvalue weighted by molar-refractivity contribution is 7.13. The Morgan fingerprint density at radius 3 is 2.61 bits per heavy atom. The maximum Gasteiger partial charge on any atom is 0.256 e. The molecule has 1 aliphatic rings. The van der Waals surface area contributed by atoms with Crippen LogP contribution < -0.4 is 5.32 Å². The van der Waals surface area contributed by atoms with E-state index in [2.05, 4.69) is 20.2 Å². The van der Waals surface area contributed by atoms with Crippen molar-refractivity contribution in [2.24, 2.45) is 0 Å². The van der Waals surface area contributed by atoms with Crippen molar-refractivity contribution in [2.75, 3.05) is 31.6 Å². The quantitative estimate of drug-likeness (QED) is 0.716. The van der Waals surface area contributed by atoms with Crippen molar-refractivity contribution < 1.29 is 9.53 Å².